The first-order valence-electron chi connectivity index (χ1n) is 7.86. The molecule has 4 nitrogen and oxygen atoms in total. The molecule has 0 amide bonds. The number of hydrogen-bond donors (Lipinski definition) is 1. The van der Waals surface area contributed by atoms with E-state index in [1.807, 2.05) is 0 Å². The zero-order valence-electron chi connectivity index (χ0n) is 13.1. The number of carbonyl (C=O) groups is 1. The first-order chi connectivity index (χ1) is 10.1. The summed E-state index contributed by atoms with van der Waals surface area (Å²) >= 11 is 0. The summed E-state index contributed by atoms with van der Waals surface area (Å²) in [4.78, 5) is 15.5. The quantitative estimate of drug-likeness (QED) is 0.818. The van der Waals surface area contributed by atoms with Gasteiger partial charge in [0.2, 0.25) is 0 Å². The molecule has 0 aliphatic carbocycles. The Hall–Kier alpha value is -1.55. The topological polar surface area (TPSA) is 43.8 Å². The number of likely N-dealkylation sites (N-methyl/N-ethyl adjacent to an activating group) is 1. The number of fused-ring (bicyclic) bond motifs is 1. The van der Waals surface area contributed by atoms with Crippen LogP contribution in [0.15, 0.2) is 24.3 Å². The third-order valence-corrected chi connectivity index (χ3v) is 4.33. The third kappa shape index (κ3) is 4.21. The van der Waals surface area contributed by atoms with Gasteiger partial charge in [-0.15, -0.1) is 0 Å². The molecule has 0 bridgehead atoms. The lowest BCUT2D eigenvalue weighted by atomic mass is 10.1. The fourth-order valence-corrected chi connectivity index (χ4v) is 3.13. The summed E-state index contributed by atoms with van der Waals surface area (Å²) in [7, 11) is 2.16. The molecule has 0 aromatic heterocycles. The minimum Gasteiger partial charge on any atom is -0.481 e. The van der Waals surface area contributed by atoms with Crippen LogP contribution in [0.25, 0.3) is 0 Å². The number of carboxylic acid groups (broad SMARTS) is 1. The number of hydrogen-bond acceptors (Lipinski definition) is 3. The van der Waals surface area contributed by atoms with Crippen molar-refractivity contribution in [3.63, 3.8) is 0 Å². The van der Waals surface area contributed by atoms with Crippen LogP contribution in [-0.4, -0.2) is 42.2 Å². The van der Waals surface area contributed by atoms with Crippen LogP contribution in [0.5, 0.6) is 0 Å². The molecule has 0 unspecified atom stereocenters. The first-order valence-corrected chi connectivity index (χ1v) is 7.86. The molecule has 1 heterocycles. The van der Waals surface area contributed by atoms with Crippen LogP contribution in [0.2, 0.25) is 0 Å². The van der Waals surface area contributed by atoms with E-state index < -0.39 is 5.97 Å². The summed E-state index contributed by atoms with van der Waals surface area (Å²) in [5.74, 6) is -0.692. The second-order valence-corrected chi connectivity index (χ2v) is 5.89. The monoisotopic (exact) mass is 290 g/mol. The van der Waals surface area contributed by atoms with Crippen molar-refractivity contribution in [2.75, 3.05) is 25.0 Å². The molecule has 1 aromatic carbocycles. The van der Waals surface area contributed by atoms with E-state index in [1.54, 1.807) is 0 Å². The largest absolute Gasteiger partial charge is 0.481 e. The lowest BCUT2D eigenvalue weighted by Crippen LogP contribution is -2.40. The Morgan fingerprint density at radius 3 is 2.81 bits per heavy atom. The van der Waals surface area contributed by atoms with Crippen LogP contribution in [0.1, 0.15) is 38.2 Å². The summed E-state index contributed by atoms with van der Waals surface area (Å²) in [5.41, 5.74) is 2.69. The van der Waals surface area contributed by atoms with Crippen LogP contribution in [-0.2, 0) is 11.3 Å². The zero-order chi connectivity index (χ0) is 15.2. The Morgan fingerprint density at radius 2 is 2.10 bits per heavy atom. The Morgan fingerprint density at radius 1 is 1.33 bits per heavy atom. The van der Waals surface area contributed by atoms with Crippen molar-refractivity contribution in [2.45, 2.75) is 45.2 Å². The van der Waals surface area contributed by atoms with Gasteiger partial charge in [-0.05, 0) is 37.4 Å². The average Bonchev–Trinajstić information content (AvgIpc) is 2.60. The van der Waals surface area contributed by atoms with Crippen LogP contribution in [0.4, 0.5) is 5.69 Å². The van der Waals surface area contributed by atoms with Crippen LogP contribution in [0.3, 0.4) is 0 Å². The van der Waals surface area contributed by atoms with Gasteiger partial charge in [0.25, 0.3) is 0 Å². The molecule has 1 aliphatic rings. The highest BCUT2D eigenvalue weighted by atomic mass is 16.4. The number of para-hydroxylation sites is 1. The predicted molar refractivity (Wildman–Crippen MR) is 85.7 cm³/mol. The molecule has 0 radical (unpaired) electrons. The molecular formula is C17H26N2O2. The Kier molecular flexibility index (Phi) is 5.62. The fourth-order valence-electron chi connectivity index (χ4n) is 3.13. The lowest BCUT2D eigenvalue weighted by molar-refractivity contribution is -0.137. The van der Waals surface area contributed by atoms with Gasteiger partial charge in [-0.2, -0.15) is 0 Å². The molecule has 116 valence electrons. The van der Waals surface area contributed by atoms with Crippen molar-refractivity contribution in [3.05, 3.63) is 29.8 Å². The van der Waals surface area contributed by atoms with E-state index in [4.69, 9.17) is 5.11 Å². The van der Waals surface area contributed by atoms with Crippen molar-refractivity contribution >= 4 is 11.7 Å². The molecule has 0 spiro atoms. The molecule has 21 heavy (non-hydrogen) atoms. The summed E-state index contributed by atoms with van der Waals surface area (Å²) in [6.07, 6.45) is 3.12. The van der Waals surface area contributed by atoms with Gasteiger partial charge in [0.1, 0.15) is 0 Å². The molecule has 0 saturated heterocycles. The maximum absolute atomic E-state index is 10.6. The minimum atomic E-state index is -0.692. The zero-order valence-corrected chi connectivity index (χ0v) is 13.1. The third-order valence-electron chi connectivity index (χ3n) is 4.33. The maximum Gasteiger partial charge on any atom is 0.303 e. The Labute approximate surface area is 127 Å². The number of aliphatic carboxylic acids is 1. The number of benzene rings is 1. The standard InChI is InChI=1S/C17H26N2O2/c1-3-15-13-18(2)16-9-5-4-8-14(16)12-19(15)11-7-6-10-17(20)21/h4-5,8-9,15H,3,6-7,10-13H2,1-2H3,(H,20,21)/t15-/m1/s1. The van der Waals surface area contributed by atoms with Crippen molar-refractivity contribution in [1.29, 1.82) is 0 Å². The second kappa shape index (κ2) is 7.46. The molecule has 0 saturated carbocycles. The smallest absolute Gasteiger partial charge is 0.303 e. The van der Waals surface area contributed by atoms with E-state index in [1.165, 1.54) is 11.3 Å². The van der Waals surface area contributed by atoms with Gasteiger partial charge in [0.15, 0.2) is 0 Å². The van der Waals surface area contributed by atoms with Crippen molar-refractivity contribution in [3.8, 4) is 0 Å². The number of anilines is 1. The molecular weight excluding hydrogens is 264 g/mol. The second-order valence-electron chi connectivity index (χ2n) is 5.89. The van der Waals surface area contributed by atoms with Gasteiger partial charge < -0.3 is 10.0 Å². The number of nitrogens with zero attached hydrogens (tertiary/aromatic N) is 2. The summed E-state index contributed by atoms with van der Waals surface area (Å²) in [6, 6.07) is 9.12. The number of unbranched alkanes of at least 4 members (excludes halogenated alkanes) is 1. The van der Waals surface area contributed by atoms with E-state index >= 15 is 0 Å². The van der Waals surface area contributed by atoms with Gasteiger partial charge in [0.05, 0.1) is 0 Å². The highest BCUT2D eigenvalue weighted by molar-refractivity contribution is 5.66. The summed E-state index contributed by atoms with van der Waals surface area (Å²) in [6.45, 7) is 5.21. The summed E-state index contributed by atoms with van der Waals surface area (Å²) in [5, 5.41) is 8.74. The molecule has 2 rings (SSSR count). The van der Waals surface area contributed by atoms with Crippen LogP contribution < -0.4 is 4.90 Å². The maximum atomic E-state index is 10.6. The first kappa shape index (κ1) is 15.8. The molecule has 1 N–H and O–H groups in total. The Bertz CT molecular complexity index is 476. The van der Waals surface area contributed by atoms with Gasteiger partial charge >= 0.3 is 5.97 Å². The van der Waals surface area contributed by atoms with Gasteiger partial charge in [-0.25, -0.2) is 0 Å². The highest BCUT2D eigenvalue weighted by Gasteiger charge is 2.24. The molecule has 0 fully saturated rings. The highest BCUT2D eigenvalue weighted by Crippen LogP contribution is 2.27. The summed E-state index contributed by atoms with van der Waals surface area (Å²) < 4.78 is 0. The average molecular weight is 290 g/mol. The van der Waals surface area contributed by atoms with Crippen molar-refractivity contribution < 1.29 is 9.90 Å². The predicted octanol–water partition coefficient (Wildman–Crippen LogP) is 2.97. The van der Waals surface area contributed by atoms with E-state index in [9.17, 15) is 4.79 Å². The van der Waals surface area contributed by atoms with E-state index in [0.717, 1.165) is 38.9 Å². The van der Waals surface area contributed by atoms with Crippen molar-refractivity contribution in [1.82, 2.24) is 4.90 Å². The Balaban J connectivity index is 2.03. The van der Waals surface area contributed by atoms with Gasteiger partial charge in [0, 0.05) is 38.3 Å². The van der Waals surface area contributed by atoms with Crippen LogP contribution in [0, 0.1) is 0 Å². The normalized spacial score (nSPS) is 19.1. The van der Waals surface area contributed by atoms with Gasteiger partial charge in [-0.1, -0.05) is 25.1 Å². The number of rotatable bonds is 6. The van der Waals surface area contributed by atoms with Crippen LogP contribution >= 0.6 is 0 Å². The SMILES string of the molecule is CC[C@@H]1CN(C)c2ccccc2CN1CCCCC(=O)O. The van der Waals surface area contributed by atoms with E-state index in [-0.39, 0.29) is 6.42 Å². The molecule has 1 aliphatic heterocycles. The molecule has 1 aromatic rings. The van der Waals surface area contributed by atoms with E-state index in [0.29, 0.717) is 6.04 Å². The lowest BCUT2D eigenvalue weighted by Gasteiger charge is -2.30. The van der Waals surface area contributed by atoms with E-state index in [2.05, 4.69) is 48.0 Å². The number of carboxylic acids is 1. The fraction of sp³-hybridized carbons (Fsp3) is 0.588. The van der Waals surface area contributed by atoms with Crippen molar-refractivity contribution in [2.24, 2.45) is 0 Å². The molecule has 4 heteroatoms. The van der Waals surface area contributed by atoms with Gasteiger partial charge in [-0.3, -0.25) is 9.69 Å². The molecule has 1 atom stereocenters. The minimum absolute atomic E-state index is 0.279.